The molecule has 0 aromatic rings. The maximum absolute atomic E-state index is 13.1. The summed E-state index contributed by atoms with van der Waals surface area (Å²) in [5, 5.41) is 0. The van der Waals surface area contributed by atoms with E-state index < -0.39 is 77.3 Å². The third-order valence-electron chi connectivity index (χ3n) is 5.16. The number of fused-ring (bicyclic) bond motifs is 1. The summed E-state index contributed by atoms with van der Waals surface area (Å²) in [6.07, 6.45) is -3.94. The topological polar surface area (TPSA) is 117 Å². The zero-order chi connectivity index (χ0) is 30.7. The van der Waals surface area contributed by atoms with Crippen LogP contribution in [0.4, 0.5) is 0 Å². The Kier molecular flexibility index (Phi) is 15.7. The Morgan fingerprint density at radius 2 is 1.37 bits per heavy atom. The second-order valence-electron chi connectivity index (χ2n) is 10.3. The molecule has 0 N–H and O–H groups in total. The van der Waals surface area contributed by atoms with E-state index in [0.29, 0.717) is 0 Å². The molecule has 0 aromatic carbocycles. The lowest BCUT2D eigenvalue weighted by atomic mass is 10.0. The highest BCUT2D eigenvalue weighted by Crippen LogP contribution is 2.47. The average molecular weight is 846 g/mol. The Bertz CT molecular complexity index is 855. The molecule has 2 rings (SSSR count). The predicted octanol–water partition coefficient (Wildman–Crippen LogP) is 1.06. The quantitative estimate of drug-likeness (QED) is 0.0663. The Hall–Kier alpha value is 1.52. The van der Waals surface area contributed by atoms with Gasteiger partial charge in [0.15, 0.2) is 12.1 Å². The summed E-state index contributed by atoms with van der Waals surface area (Å²) in [6.45, 7) is 2.05. The first-order valence-corrected chi connectivity index (χ1v) is 15.0. The van der Waals surface area contributed by atoms with Gasteiger partial charge in [-0.3, -0.25) is 0 Å². The molecule has 0 aliphatic carbocycles. The van der Waals surface area contributed by atoms with Gasteiger partial charge in [-0.05, 0) is 13.8 Å². The molecule has 0 amide bonds. The van der Waals surface area contributed by atoms with E-state index in [1.54, 1.807) is 35.0 Å². The van der Waals surface area contributed by atoms with Crippen molar-refractivity contribution in [3.05, 3.63) is 0 Å². The van der Waals surface area contributed by atoms with Crippen molar-refractivity contribution in [1.29, 1.82) is 0 Å². The van der Waals surface area contributed by atoms with E-state index in [-0.39, 0.29) is 41.6 Å². The fourth-order valence-electron chi connectivity index (χ4n) is 3.90. The zero-order valence-corrected chi connectivity index (χ0v) is 30.8. The number of quaternary nitrogens is 1. The maximum atomic E-state index is 13.1. The number of likely N-dealkylation sites (N-methyl/N-ethyl adjacent to an activating group) is 1. The Morgan fingerprint density at radius 3 is 1.78 bits per heavy atom. The molecule has 2 heterocycles. The third kappa shape index (κ3) is 12.7. The lowest BCUT2D eigenvalue weighted by Crippen LogP contribution is -3.00. The van der Waals surface area contributed by atoms with Gasteiger partial charge in [-0.25, -0.2) is 9.59 Å². The highest BCUT2D eigenvalue weighted by molar-refractivity contribution is 7.41. The molecule has 0 unspecified atom stereocenters. The lowest BCUT2D eigenvalue weighted by molar-refractivity contribution is -0.874. The van der Waals surface area contributed by atoms with Gasteiger partial charge in [-0.2, -0.15) is 0 Å². The summed E-state index contributed by atoms with van der Waals surface area (Å²) < 4.78 is 47.3. The van der Waals surface area contributed by atoms with Gasteiger partial charge in [0.2, 0.25) is 7.59 Å². The number of carbonyl (C=O) groups excluding carboxylic acids is 2. The van der Waals surface area contributed by atoms with Crippen LogP contribution in [0.1, 0.15) is 13.8 Å². The van der Waals surface area contributed by atoms with Gasteiger partial charge < -0.3 is 70.5 Å². The van der Waals surface area contributed by atoms with Gasteiger partial charge in [-0.15, -0.1) is 0 Å². The van der Waals surface area contributed by atoms with Crippen LogP contribution in [0.5, 0.6) is 0 Å². The van der Waals surface area contributed by atoms with Crippen LogP contribution in [0.3, 0.4) is 0 Å². The largest absolute Gasteiger partial charge is 1.00 e. The second-order valence-corrected chi connectivity index (χ2v) is 16.5. The van der Waals surface area contributed by atoms with Crippen LogP contribution in [0, 0.1) is 0 Å². The van der Waals surface area contributed by atoms with Crippen LogP contribution >= 0.6 is 78.2 Å². The van der Waals surface area contributed by atoms with E-state index in [0.717, 1.165) is 14.2 Å². The molecule has 20 heteroatoms. The van der Waals surface area contributed by atoms with E-state index in [1.165, 1.54) is 0 Å². The fraction of sp³-hybridized carbons (Fsp3) is 0.905. The summed E-state index contributed by atoms with van der Waals surface area (Å²) in [5.74, 6) is -3.02. The van der Waals surface area contributed by atoms with Gasteiger partial charge in [0.05, 0.1) is 42.0 Å². The summed E-state index contributed by atoms with van der Waals surface area (Å²) in [7, 11) is 5.28. The zero-order valence-electron chi connectivity index (χ0n) is 23.2. The minimum Gasteiger partial charge on any atom is -1.00 e. The summed E-state index contributed by atoms with van der Waals surface area (Å²) in [4.78, 5) is 26.3. The molecule has 2 aliphatic rings. The molecule has 0 aromatic heterocycles. The molecule has 242 valence electrons. The monoisotopic (exact) mass is 843 g/mol. The van der Waals surface area contributed by atoms with Crippen molar-refractivity contribution < 1.29 is 80.0 Å². The Morgan fingerprint density at radius 1 is 0.878 bits per heavy atom. The average Bonchev–Trinajstić information content (AvgIpc) is 3.26. The van der Waals surface area contributed by atoms with Crippen LogP contribution in [-0.4, -0.2) is 122 Å². The summed E-state index contributed by atoms with van der Waals surface area (Å²) in [6, 6.07) is 0. The molecule has 4 atom stereocenters. The van der Waals surface area contributed by atoms with Crippen molar-refractivity contribution in [1.82, 2.24) is 0 Å². The van der Waals surface area contributed by atoms with Crippen LogP contribution in [0.15, 0.2) is 0 Å². The van der Waals surface area contributed by atoms with Crippen molar-refractivity contribution in [2.45, 2.75) is 57.4 Å². The molecular formula is C21H33Cl6INO11P. The standard InChI is InChI=1S/C21H33Cl6NO11P.HI/c1-18(2)37-14-13(38-19(16(29)31-6,17(30)32-7)9-28(3,4)5)12(36-15(14)39-18)8-33-40(34-10-20(22,23)24)35-11-21(25,26)27;/h12-15H,8-11H2,1-7H3;1H/q+1;/p-1/t12-,13-,14+,15+;/m1./s1. The number of hydrogen-bond acceptors (Lipinski definition) is 11. The minimum atomic E-state index is -2.25. The number of methoxy groups -OCH3 is 2. The molecule has 2 fully saturated rings. The van der Waals surface area contributed by atoms with Gasteiger partial charge >= 0.3 is 26.1 Å². The maximum Gasteiger partial charge on any atom is 0.356 e. The lowest BCUT2D eigenvalue weighted by Gasteiger charge is -2.38. The number of esters is 2. The van der Waals surface area contributed by atoms with Crippen LogP contribution in [0.25, 0.3) is 0 Å². The predicted molar refractivity (Wildman–Crippen MR) is 149 cm³/mol. The number of ether oxygens (including phenoxy) is 6. The molecule has 0 bridgehead atoms. The number of carbonyl (C=O) groups is 2. The van der Waals surface area contributed by atoms with Gasteiger partial charge in [-0.1, -0.05) is 69.6 Å². The minimum absolute atomic E-state index is 0. The Labute approximate surface area is 287 Å². The molecule has 0 saturated carbocycles. The van der Waals surface area contributed by atoms with Gasteiger partial charge in [0.1, 0.15) is 38.1 Å². The van der Waals surface area contributed by atoms with Gasteiger partial charge in [0.25, 0.3) is 0 Å². The van der Waals surface area contributed by atoms with E-state index >= 15 is 0 Å². The van der Waals surface area contributed by atoms with E-state index in [1.807, 2.05) is 0 Å². The fourth-order valence-corrected chi connectivity index (χ4v) is 5.77. The van der Waals surface area contributed by atoms with Gasteiger partial charge in [0, 0.05) is 0 Å². The van der Waals surface area contributed by atoms with Crippen LogP contribution in [-0.2, 0) is 51.6 Å². The molecular weight excluding hydrogens is 813 g/mol. The van der Waals surface area contributed by atoms with Crippen molar-refractivity contribution in [2.24, 2.45) is 0 Å². The van der Waals surface area contributed by atoms with Crippen molar-refractivity contribution in [3.63, 3.8) is 0 Å². The Balaban J connectivity index is 0.00000840. The van der Waals surface area contributed by atoms with Crippen molar-refractivity contribution in [2.75, 3.05) is 61.7 Å². The third-order valence-corrected chi connectivity index (χ3v) is 6.86. The van der Waals surface area contributed by atoms with E-state index in [9.17, 15) is 9.59 Å². The number of nitrogens with zero attached hydrogens (tertiary/aromatic N) is 1. The first-order chi connectivity index (χ1) is 18.1. The van der Waals surface area contributed by atoms with Crippen molar-refractivity contribution in [3.8, 4) is 0 Å². The number of rotatable bonds is 13. The SMILES string of the molecule is COC(=O)C(C[N+](C)(C)C)(O[C@H]1[C@@H]2OC(C)(C)O[C@@H]2O[C@@H]1COP(OCC(Cl)(Cl)Cl)OCC(Cl)(Cl)Cl)C(=O)OC.[I-]. The second kappa shape index (κ2) is 15.9. The first-order valence-electron chi connectivity index (χ1n) is 11.6. The first kappa shape index (κ1) is 40.5. The van der Waals surface area contributed by atoms with E-state index in [4.69, 9.17) is 112 Å². The summed E-state index contributed by atoms with van der Waals surface area (Å²) in [5.41, 5.74) is -2.21. The normalized spacial score (nSPS) is 24.6. The molecule has 41 heavy (non-hydrogen) atoms. The molecule has 12 nitrogen and oxygen atoms in total. The van der Waals surface area contributed by atoms with Crippen LogP contribution in [0.2, 0.25) is 0 Å². The molecule has 0 radical (unpaired) electrons. The highest BCUT2D eigenvalue weighted by atomic mass is 127. The number of halogens is 7. The number of alkyl halides is 6. The molecule has 2 saturated heterocycles. The molecule has 2 aliphatic heterocycles. The van der Waals surface area contributed by atoms with E-state index in [2.05, 4.69) is 0 Å². The van der Waals surface area contributed by atoms with Crippen LogP contribution < -0.4 is 24.0 Å². The molecule has 0 spiro atoms. The highest BCUT2D eigenvalue weighted by Gasteiger charge is 2.63. The number of hydrogen-bond donors (Lipinski definition) is 0. The smallest absolute Gasteiger partial charge is 0.356 e. The summed E-state index contributed by atoms with van der Waals surface area (Å²) >= 11 is 34.7. The van der Waals surface area contributed by atoms with Crippen molar-refractivity contribution >= 4 is 90.1 Å².